The molecule has 1 rings (SSSR count). The molecule has 1 unspecified atom stereocenters. The van der Waals surface area contributed by atoms with Gasteiger partial charge in [0.2, 0.25) is 0 Å². The van der Waals surface area contributed by atoms with Crippen LogP contribution >= 0.6 is 0 Å². The van der Waals surface area contributed by atoms with Crippen LogP contribution in [0.25, 0.3) is 0 Å². The normalized spacial score (nSPS) is 31.1. The van der Waals surface area contributed by atoms with Gasteiger partial charge in [-0.2, -0.15) is 0 Å². The number of allylic oxidation sites excluding steroid dienone is 5. The van der Waals surface area contributed by atoms with E-state index in [4.69, 9.17) is 0 Å². The van der Waals surface area contributed by atoms with E-state index in [2.05, 4.69) is 6.08 Å². The van der Waals surface area contributed by atoms with Gasteiger partial charge in [0.15, 0.2) is 0 Å². The molecular formula is C9H12OS. The van der Waals surface area contributed by atoms with Crippen molar-refractivity contribution in [1.29, 1.82) is 0 Å². The molecule has 0 amide bonds. The Morgan fingerprint density at radius 2 is 1.91 bits per heavy atom. The van der Waals surface area contributed by atoms with Gasteiger partial charge in [-0.3, -0.25) is 4.21 Å². The Morgan fingerprint density at radius 1 is 1.09 bits per heavy atom. The van der Waals surface area contributed by atoms with Crippen LogP contribution in [0.1, 0.15) is 12.8 Å². The molecule has 0 saturated carbocycles. The van der Waals surface area contributed by atoms with Crippen molar-refractivity contribution in [3.05, 3.63) is 35.8 Å². The first-order valence-electron chi connectivity index (χ1n) is 3.77. The lowest BCUT2D eigenvalue weighted by molar-refractivity contribution is 0.686. The standard InChI is InChI=1S/C9H12OS/c10-11-8-6-4-2-1-3-5-7-9-11/h1-4,6,8H,5,7,9H2/b3-1-,4-2+,8-6?. The number of hydrogen-bond acceptors (Lipinski definition) is 1. The molecule has 1 atom stereocenters. The molecule has 0 aromatic heterocycles. The van der Waals surface area contributed by atoms with Gasteiger partial charge in [0.25, 0.3) is 0 Å². The highest BCUT2D eigenvalue weighted by Gasteiger charge is 1.92. The van der Waals surface area contributed by atoms with Crippen LogP contribution in [0.15, 0.2) is 35.8 Å². The van der Waals surface area contributed by atoms with Crippen molar-refractivity contribution in [2.24, 2.45) is 0 Å². The zero-order valence-corrected chi connectivity index (χ0v) is 7.22. The van der Waals surface area contributed by atoms with Crippen LogP contribution in [0.5, 0.6) is 0 Å². The summed E-state index contributed by atoms with van der Waals surface area (Å²) in [6.45, 7) is 0. The maximum absolute atomic E-state index is 11.1. The summed E-state index contributed by atoms with van der Waals surface area (Å²) in [7, 11) is -0.753. The summed E-state index contributed by atoms with van der Waals surface area (Å²) in [5, 5.41) is 1.75. The summed E-state index contributed by atoms with van der Waals surface area (Å²) in [6.07, 6.45) is 11.9. The SMILES string of the molecule is O=S1C=C/C=C/C=C\CCC1. The second-order valence-corrected chi connectivity index (χ2v) is 3.81. The summed E-state index contributed by atoms with van der Waals surface area (Å²) >= 11 is 0. The fourth-order valence-corrected chi connectivity index (χ4v) is 1.70. The van der Waals surface area contributed by atoms with Crippen LogP contribution in [0.3, 0.4) is 0 Å². The number of hydrogen-bond donors (Lipinski definition) is 0. The van der Waals surface area contributed by atoms with Gasteiger partial charge in [0.05, 0.1) is 0 Å². The highest BCUT2D eigenvalue weighted by molar-refractivity contribution is 7.87. The Bertz CT molecular complexity index is 214. The van der Waals surface area contributed by atoms with E-state index in [0.29, 0.717) is 0 Å². The first-order valence-corrected chi connectivity index (χ1v) is 5.15. The molecule has 1 aliphatic rings. The van der Waals surface area contributed by atoms with E-state index in [1.54, 1.807) is 5.41 Å². The van der Waals surface area contributed by atoms with Crippen molar-refractivity contribution < 1.29 is 4.21 Å². The molecule has 11 heavy (non-hydrogen) atoms. The molecule has 0 aromatic carbocycles. The Hall–Kier alpha value is -0.630. The molecule has 0 bridgehead atoms. The second-order valence-electron chi connectivity index (χ2n) is 2.37. The van der Waals surface area contributed by atoms with Crippen molar-refractivity contribution in [3.8, 4) is 0 Å². The maximum atomic E-state index is 11.1. The molecule has 0 saturated heterocycles. The van der Waals surface area contributed by atoms with Gasteiger partial charge in [0.1, 0.15) is 0 Å². The summed E-state index contributed by atoms with van der Waals surface area (Å²) < 4.78 is 11.1. The van der Waals surface area contributed by atoms with Crippen molar-refractivity contribution in [3.63, 3.8) is 0 Å². The third-order valence-corrected chi connectivity index (χ3v) is 2.57. The van der Waals surface area contributed by atoms with Gasteiger partial charge < -0.3 is 0 Å². The average molecular weight is 168 g/mol. The van der Waals surface area contributed by atoms with Crippen LogP contribution in [0.4, 0.5) is 0 Å². The molecule has 0 fully saturated rings. The van der Waals surface area contributed by atoms with Crippen LogP contribution in [-0.2, 0) is 10.8 Å². The first kappa shape index (κ1) is 8.47. The molecule has 0 N–H and O–H groups in total. The van der Waals surface area contributed by atoms with E-state index in [0.717, 1.165) is 18.6 Å². The van der Waals surface area contributed by atoms with Crippen molar-refractivity contribution >= 4 is 10.8 Å². The molecule has 1 nitrogen and oxygen atoms in total. The Kier molecular flexibility index (Phi) is 3.91. The minimum atomic E-state index is -0.753. The fourth-order valence-electron chi connectivity index (χ4n) is 0.848. The third-order valence-electron chi connectivity index (χ3n) is 1.42. The monoisotopic (exact) mass is 168 g/mol. The van der Waals surface area contributed by atoms with Gasteiger partial charge in [-0.15, -0.1) is 0 Å². The molecule has 2 heteroatoms. The zero-order chi connectivity index (χ0) is 7.94. The average Bonchev–Trinajstić information content (AvgIpc) is 2.03. The van der Waals surface area contributed by atoms with Gasteiger partial charge in [0, 0.05) is 22.0 Å². The molecule has 1 aliphatic heterocycles. The van der Waals surface area contributed by atoms with Crippen LogP contribution in [-0.4, -0.2) is 9.96 Å². The minimum absolute atomic E-state index is 0.753. The summed E-state index contributed by atoms with van der Waals surface area (Å²) in [6, 6.07) is 0. The van der Waals surface area contributed by atoms with Gasteiger partial charge >= 0.3 is 0 Å². The van der Waals surface area contributed by atoms with Crippen molar-refractivity contribution in [1.82, 2.24) is 0 Å². The molecular weight excluding hydrogens is 156 g/mol. The predicted octanol–water partition coefficient (Wildman–Crippen LogP) is 2.16. The first-order chi connectivity index (χ1) is 5.39. The molecule has 0 radical (unpaired) electrons. The molecule has 0 spiro atoms. The molecule has 0 aromatic rings. The largest absolute Gasteiger partial charge is 0.255 e. The highest BCUT2D eigenvalue weighted by Crippen LogP contribution is 1.98. The Balaban J connectivity index is 2.56. The number of rotatable bonds is 0. The smallest absolute Gasteiger partial charge is 0.0456 e. The van der Waals surface area contributed by atoms with Crippen molar-refractivity contribution in [2.75, 3.05) is 5.75 Å². The van der Waals surface area contributed by atoms with E-state index >= 15 is 0 Å². The molecule has 0 aliphatic carbocycles. The van der Waals surface area contributed by atoms with Gasteiger partial charge in [-0.05, 0) is 12.8 Å². The molecule has 60 valence electrons. The third kappa shape index (κ3) is 3.94. The lowest BCUT2D eigenvalue weighted by atomic mass is 10.3. The van der Waals surface area contributed by atoms with E-state index in [-0.39, 0.29) is 0 Å². The topological polar surface area (TPSA) is 17.1 Å². The lowest BCUT2D eigenvalue weighted by Crippen LogP contribution is -1.92. The fraction of sp³-hybridized carbons (Fsp3) is 0.333. The second kappa shape index (κ2) is 5.08. The Labute approximate surface area is 70.0 Å². The van der Waals surface area contributed by atoms with E-state index < -0.39 is 10.8 Å². The summed E-state index contributed by atoms with van der Waals surface area (Å²) in [5.41, 5.74) is 0. The summed E-state index contributed by atoms with van der Waals surface area (Å²) in [5.74, 6) is 0.786. The summed E-state index contributed by atoms with van der Waals surface area (Å²) in [4.78, 5) is 0. The van der Waals surface area contributed by atoms with Gasteiger partial charge in [-0.25, -0.2) is 0 Å². The van der Waals surface area contributed by atoms with E-state index in [1.807, 2.05) is 24.3 Å². The van der Waals surface area contributed by atoms with E-state index in [9.17, 15) is 4.21 Å². The zero-order valence-electron chi connectivity index (χ0n) is 6.40. The van der Waals surface area contributed by atoms with E-state index in [1.165, 1.54) is 0 Å². The quantitative estimate of drug-likeness (QED) is 0.541. The Morgan fingerprint density at radius 3 is 2.82 bits per heavy atom. The van der Waals surface area contributed by atoms with Crippen molar-refractivity contribution in [2.45, 2.75) is 12.8 Å². The van der Waals surface area contributed by atoms with Crippen LogP contribution in [0.2, 0.25) is 0 Å². The molecule has 1 heterocycles. The van der Waals surface area contributed by atoms with Crippen LogP contribution in [0, 0.1) is 0 Å². The highest BCUT2D eigenvalue weighted by atomic mass is 32.2. The van der Waals surface area contributed by atoms with Gasteiger partial charge in [-0.1, -0.05) is 30.4 Å². The van der Waals surface area contributed by atoms with Crippen LogP contribution < -0.4 is 0 Å². The lowest BCUT2D eigenvalue weighted by Gasteiger charge is -1.94. The maximum Gasteiger partial charge on any atom is 0.0456 e. The minimum Gasteiger partial charge on any atom is -0.255 e. The predicted molar refractivity (Wildman–Crippen MR) is 49.7 cm³/mol.